The Morgan fingerprint density at radius 2 is 1.94 bits per heavy atom. The topological polar surface area (TPSA) is 137 Å². The summed E-state index contributed by atoms with van der Waals surface area (Å²) in [7, 11) is 1.45. The third kappa shape index (κ3) is 5.21. The number of amides is 1. The van der Waals surface area contributed by atoms with Crippen LogP contribution in [0, 0.1) is 5.92 Å². The average Bonchev–Trinajstić information content (AvgIpc) is 2.71. The lowest BCUT2D eigenvalue weighted by atomic mass is 9.86. The fourth-order valence-electron chi connectivity index (χ4n) is 3.28. The van der Waals surface area contributed by atoms with Crippen LogP contribution in [-0.4, -0.2) is 48.3 Å². The number of ether oxygens (including phenoxy) is 2. The molecule has 3 N–H and O–H groups in total. The minimum Gasteiger partial charge on any atom is -0.455 e. The van der Waals surface area contributed by atoms with Crippen LogP contribution in [-0.2, 0) is 25.6 Å². The van der Waals surface area contributed by atoms with E-state index >= 15 is 0 Å². The molecule has 1 aliphatic carbocycles. The fourth-order valence-corrected chi connectivity index (χ4v) is 3.28. The van der Waals surface area contributed by atoms with Crippen molar-refractivity contribution in [2.45, 2.75) is 25.8 Å². The van der Waals surface area contributed by atoms with Crippen LogP contribution in [0.4, 0.5) is 11.5 Å². The molecule has 1 saturated carbocycles. The number of hydrogen-bond donors (Lipinski definition) is 2. The largest absolute Gasteiger partial charge is 0.455 e. The molecule has 1 aliphatic rings. The highest BCUT2D eigenvalue weighted by molar-refractivity contribution is 5.97. The monoisotopic (exact) mass is 430 g/mol. The number of aromatic amines is 1. The van der Waals surface area contributed by atoms with Crippen LogP contribution in [0.25, 0.3) is 0 Å². The van der Waals surface area contributed by atoms with E-state index in [-0.39, 0.29) is 37.1 Å². The number of hydrogen-bond acceptors (Lipinski definition) is 7. The molecule has 0 radical (unpaired) electrons. The zero-order chi connectivity index (χ0) is 22.4. The first-order valence-corrected chi connectivity index (χ1v) is 10.0. The van der Waals surface area contributed by atoms with Crippen LogP contribution in [0.3, 0.4) is 0 Å². The van der Waals surface area contributed by atoms with E-state index in [1.165, 1.54) is 11.7 Å². The van der Waals surface area contributed by atoms with E-state index in [9.17, 15) is 19.2 Å². The number of nitrogens with one attached hydrogen (secondary N) is 1. The summed E-state index contributed by atoms with van der Waals surface area (Å²) in [5.74, 6) is -1.40. The van der Waals surface area contributed by atoms with Crippen molar-refractivity contribution >= 4 is 23.4 Å². The quantitative estimate of drug-likeness (QED) is 0.552. The van der Waals surface area contributed by atoms with Gasteiger partial charge in [0.05, 0.1) is 19.1 Å². The van der Waals surface area contributed by atoms with Crippen molar-refractivity contribution in [1.29, 1.82) is 0 Å². The Labute approximate surface area is 178 Å². The number of carbonyl (C=O) groups excluding carboxylic acids is 2. The van der Waals surface area contributed by atoms with Crippen molar-refractivity contribution in [3.05, 3.63) is 56.7 Å². The van der Waals surface area contributed by atoms with E-state index in [1.807, 2.05) is 30.3 Å². The smallest absolute Gasteiger partial charge is 0.330 e. The molecular weight excluding hydrogens is 404 g/mol. The lowest BCUT2D eigenvalue weighted by Crippen LogP contribution is -2.44. The van der Waals surface area contributed by atoms with Crippen LogP contribution in [0.2, 0.25) is 0 Å². The molecule has 1 aromatic carbocycles. The second-order valence-corrected chi connectivity index (χ2v) is 7.34. The zero-order valence-electron chi connectivity index (χ0n) is 17.3. The van der Waals surface area contributed by atoms with E-state index in [0.29, 0.717) is 0 Å². The Hall–Kier alpha value is -3.40. The predicted molar refractivity (Wildman–Crippen MR) is 114 cm³/mol. The van der Waals surface area contributed by atoms with Gasteiger partial charge in [-0.15, -0.1) is 0 Å². The summed E-state index contributed by atoms with van der Waals surface area (Å²) in [6.07, 6.45) is 2.46. The molecule has 31 heavy (non-hydrogen) atoms. The van der Waals surface area contributed by atoms with Gasteiger partial charge < -0.3 is 15.2 Å². The van der Waals surface area contributed by atoms with Crippen LogP contribution in [0.15, 0.2) is 39.9 Å². The minimum absolute atomic E-state index is 0.00681. The zero-order valence-corrected chi connectivity index (χ0v) is 17.3. The lowest BCUT2D eigenvalue weighted by Gasteiger charge is -2.26. The second-order valence-electron chi connectivity index (χ2n) is 7.34. The standard InChI is InChI=1S/C21H26N4O6/c1-30-11-10-24(16(26)13-31-20(28)15-8-5-9-15)17-18(22)25(21(29)23-19(17)27)12-14-6-3-2-4-7-14/h2-4,6-7,15H,5,8-13,22H2,1H3,(H,23,27,29). The lowest BCUT2D eigenvalue weighted by molar-refractivity contribution is -0.154. The van der Waals surface area contributed by atoms with E-state index in [4.69, 9.17) is 15.2 Å². The number of esters is 1. The number of aromatic nitrogens is 2. The maximum Gasteiger partial charge on any atom is 0.330 e. The highest BCUT2D eigenvalue weighted by atomic mass is 16.5. The van der Waals surface area contributed by atoms with Gasteiger partial charge in [-0.3, -0.25) is 28.8 Å². The molecule has 0 saturated heterocycles. The molecule has 0 aliphatic heterocycles. The van der Waals surface area contributed by atoms with Crippen molar-refractivity contribution in [3.63, 3.8) is 0 Å². The SMILES string of the molecule is COCCN(C(=O)COC(=O)C1CCC1)c1c(N)n(Cc2ccccc2)c(=O)[nH]c1=O. The third-order valence-corrected chi connectivity index (χ3v) is 5.26. The van der Waals surface area contributed by atoms with Crippen molar-refractivity contribution in [3.8, 4) is 0 Å². The predicted octanol–water partition coefficient (Wildman–Crippen LogP) is 0.490. The molecule has 0 unspecified atom stereocenters. The number of benzene rings is 1. The van der Waals surface area contributed by atoms with E-state index in [1.54, 1.807) is 0 Å². The molecule has 1 aromatic heterocycles. The molecule has 166 valence electrons. The fraction of sp³-hybridized carbons (Fsp3) is 0.429. The molecule has 10 heteroatoms. The van der Waals surface area contributed by atoms with Gasteiger partial charge in [-0.25, -0.2) is 4.79 Å². The first-order valence-electron chi connectivity index (χ1n) is 10.0. The molecule has 1 amide bonds. The molecule has 3 rings (SSSR count). The summed E-state index contributed by atoms with van der Waals surface area (Å²) >= 11 is 0. The highest BCUT2D eigenvalue weighted by Crippen LogP contribution is 2.27. The number of nitrogens with zero attached hydrogens (tertiary/aromatic N) is 2. The average molecular weight is 430 g/mol. The van der Waals surface area contributed by atoms with Gasteiger partial charge in [0.2, 0.25) is 0 Å². The van der Waals surface area contributed by atoms with E-state index < -0.39 is 29.7 Å². The first kappa shape index (κ1) is 22.3. The van der Waals surface area contributed by atoms with Gasteiger partial charge in [-0.1, -0.05) is 36.8 Å². The molecule has 10 nitrogen and oxygen atoms in total. The first-order chi connectivity index (χ1) is 14.9. The van der Waals surface area contributed by atoms with Crippen molar-refractivity contribution in [2.75, 3.05) is 37.5 Å². The molecule has 0 spiro atoms. The Kier molecular flexibility index (Phi) is 7.24. The molecule has 0 bridgehead atoms. The van der Waals surface area contributed by atoms with Crippen molar-refractivity contribution in [2.24, 2.45) is 5.92 Å². The van der Waals surface area contributed by atoms with Crippen molar-refractivity contribution < 1.29 is 19.1 Å². The highest BCUT2D eigenvalue weighted by Gasteiger charge is 2.29. The maximum atomic E-state index is 12.8. The van der Waals surface area contributed by atoms with Gasteiger partial charge in [0.1, 0.15) is 5.82 Å². The molecule has 1 fully saturated rings. The maximum absolute atomic E-state index is 12.8. The Balaban J connectivity index is 1.89. The number of nitrogens with two attached hydrogens (primary N) is 1. The summed E-state index contributed by atoms with van der Waals surface area (Å²) in [6.45, 7) is -0.319. The molecule has 0 atom stereocenters. The van der Waals surface area contributed by atoms with E-state index in [2.05, 4.69) is 4.98 Å². The Morgan fingerprint density at radius 3 is 2.55 bits per heavy atom. The number of carbonyl (C=O) groups is 2. The summed E-state index contributed by atoms with van der Waals surface area (Å²) in [6, 6.07) is 9.08. The van der Waals surface area contributed by atoms with Crippen LogP contribution in [0.5, 0.6) is 0 Å². The second kappa shape index (κ2) is 10.1. The van der Waals surface area contributed by atoms with Crippen LogP contribution < -0.4 is 21.9 Å². The van der Waals surface area contributed by atoms with Gasteiger partial charge in [0.25, 0.3) is 11.5 Å². The van der Waals surface area contributed by atoms with Crippen molar-refractivity contribution in [1.82, 2.24) is 9.55 Å². The van der Waals surface area contributed by atoms with Gasteiger partial charge in [-0.2, -0.15) is 0 Å². The summed E-state index contributed by atoms with van der Waals surface area (Å²) in [5.41, 5.74) is 5.29. The van der Waals surface area contributed by atoms with Crippen LogP contribution >= 0.6 is 0 Å². The Morgan fingerprint density at radius 1 is 1.23 bits per heavy atom. The number of rotatable bonds is 9. The van der Waals surface area contributed by atoms with Gasteiger partial charge in [0.15, 0.2) is 12.3 Å². The number of methoxy groups -OCH3 is 1. The normalized spacial score (nSPS) is 13.5. The van der Waals surface area contributed by atoms with Gasteiger partial charge in [-0.05, 0) is 18.4 Å². The summed E-state index contributed by atoms with van der Waals surface area (Å²) in [5, 5.41) is 0. The number of H-pyrrole nitrogens is 1. The summed E-state index contributed by atoms with van der Waals surface area (Å²) < 4.78 is 11.3. The molecule has 1 heterocycles. The minimum atomic E-state index is -0.804. The summed E-state index contributed by atoms with van der Waals surface area (Å²) in [4.78, 5) is 53.1. The number of nitrogen functional groups attached to an aromatic ring is 1. The van der Waals surface area contributed by atoms with Gasteiger partial charge in [0, 0.05) is 13.7 Å². The Bertz CT molecular complexity index is 1040. The molecule has 2 aromatic rings. The number of anilines is 2. The van der Waals surface area contributed by atoms with Gasteiger partial charge >= 0.3 is 11.7 Å². The third-order valence-electron chi connectivity index (χ3n) is 5.26. The molecular formula is C21H26N4O6. The van der Waals surface area contributed by atoms with E-state index in [0.717, 1.165) is 29.7 Å². The van der Waals surface area contributed by atoms with Crippen LogP contribution in [0.1, 0.15) is 24.8 Å².